The monoisotopic (exact) mass is 476 g/mol. The number of hydrogen-bond acceptors (Lipinski definition) is 1. The normalized spacial score (nSPS) is 17.5. The van der Waals surface area contributed by atoms with Gasteiger partial charge in [-0.05, 0) is 72.4 Å². The minimum atomic E-state index is -1.60. The molecule has 32 heavy (non-hydrogen) atoms. The van der Waals surface area contributed by atoms with Gasteiger partial charge in [0.1, 0.15) is 8.07 Å². The van der Waals surface area contributed by atoms with Crippen LogP contribution in [-0.2, 0) is 4.43 Å². The lowest BCUT2D eigenvalue weighted by Gasteiger charge is -2.38. The molecule has 0 aromatic heterocycles. The third-order valence-electron chi connectivity index (χ3n) is 7.93. The number of unbranched alkanes of at least 4 members (excludes halogenated alkanes) is 1. The zero-order chi connectivity index (χ0) is 24.2. The Balaban J connectivity index is 2.75. The van der Waals surface area contributed by atoms with Crippen molar-refractivity contribution in [2.24, 2.45) is 5.92 Å². The van der Waals surface area contributed by atoms with Gasteiger partial charge in [-0.15, -0.1) is 11.5 Å². The highest BCUT2D eigenvalue weighted by Gasteiger charge is 2.41. The van der Waals surface area contributed by atoms with Gasteiger partial charge >= 0.3 is 0 Å². The first-order valence-electron chi connectivity index (χ1n) is 14.1. The molecule has 0 aromatic rings. The van der Waals surface area contributed by atoms with E-state index in [2.05, 4.69) is 79.9 Å². The average Bonchev–Trinajstić information content (AvgIpc) is 2.70. The first-order chi connectivity index (χ1) is 15.2. The molecule has 0 heterocycles. The Bertz CT molecular complexity index is 570. The van der Waals surface area contributed by atoms with Gasteiger partial charge in [-0.2, -0.15) is 0 Å². The fraction of sp³-hybridized carbons (Fsp3) is 0.862. The quantitative estimate of drug-likeness (QED) is 0.138. The van der Waals surface area contributed by atoms with Crippen molar-refractivity contribution in [1.82, 2.24) is 0 Å². The summed E-state index contributed by atoms with van der Waals surface area (Å²) >= 11 is 0. The topological polar surface area (TPSA) is 9.23 Å². The van der Waals surface area contributed by atoms with E-state index in [0.29, 0.717) is 5.92 Å². The van der Waals surface area contributed by atoms with E-state index in [-0.39, 0.29) is 0 Å². The highest BCUT2D eigenvalue weighted by molar-refractivity contribution is 6.90. The van der Waals surface area contributed by atoms with Crippen molar-refractivity contribution in [3.63, 3.8) is 0 Å². The highest BCUT2D eigenvalue weighted by Crippen LogP contribution is 2.41. The fourth-order valence-corrected chi connectivity index (χ4v) is 16.4. The summed E-state index contributed by atoms with van der Waals surface area (Å²) in [5.41, 5.74) is 6.10. The van der Waals surface area contributed by atoms with Crippen LogP contribution in [0.3, 0.4) is 0 Å². The molecule has 0 saturated heterocycles. The Morgan fingerprint density at radius 1 is 0.906 bits per heavy atom. The van der Waals surface area contributed by atoms with Crippen LogP contribution in [0.2, 0.25) is 34.8 Å². The van der Waals surface area contributed by atoms with Crippen LogP contribution in [0, 0.1) is 17.4 Å². The molecule has 0 N–H and O–H groups in total. The Morgan fingerprint density at radius 3 is 1.91 bits per heavy atom. The molecular weight excluding hydrogens is 420 g/mol. The number of rotatable bonds is 14. The van der Waals surface area contributed by atoms with E-state index < -0.39 is 16.4 Å². The second-order valence-corrected chi connectivity index (χ2v) is 21.1. The summed E-state index contributed by atoms with van der Waals surface area (Å²) in [5, 5.41) is 0. The number of hydrogen-bond donors (Lipinski definition) is 0. The van der Waals surface area contributed by atoms with Gasteiger partial charge < -0.3 is 4.43 Å². The van der Waals surface area contributed by atoms with Gasteiger partial charge in [-0.3, -0.25) is 0 Å². The van der Waals surface area contributed by atoms with Crippen LogP contribution in [-0.4, -0.2) is 16.4 Å². The smallest absolute Gasteiger partial charge is 0.250 e. The summed E-state index contributed by atoms with van der Waals surface area (Å²) in [5.74, 6) is 5.75. The van der Waals surface area contributed by atoms with Gasteiger partial charge in [-0.1, -0.05) is 81.6 Å². The van der Waals surface area contributed by atoms with Crippen molar-refractivity contribution in [3.05, 3.63) is 11.8 Å². The van der Waals surface area contributed by atoms with Crippen LogP contribution in [0.5, 0.6) is 0 Å². The van der Waals surface area contributed by atoms with Gasteiger partial charge in [-0.25, -0.2) is 0 Å². The maximum Gasteiger partial charge on any atom is 0.250 e. The lowest BCUT2D eigenvalue weighted by atomic mass is 9.90. The highest BCUT2D eigenvalue weighted by atomic mass is 28.4. The summed E-state index contributed by atoms with van der Waals surface area (Å²) in [6, 6.07) is 4.00. The van der Waals surface area contributed by atoms with Crippen LogP contribution in [0.15, 0.2) is 11.8 Å². The molecule has 0 radical (unpaired) electrons. The standard InChI is InChI=1S/C29H56OSi2/c1-10-20-31(21-11-2,22-12-3)30-29-19-16-18-28(24-29)17-14-13-15-23-32(25(4)5,26(6)7)27(8)9/h24-28H,10-14,16-22H2,1-9H3. The Kier molecular flexibility index (Phi) is 13.6. The van der Waals surface area contributed by atoms with E-state index in [1.807, 2.05) is 0 Å². The van der Waals surface area contributed by atoms with Gasteiger partial charge in [0, 0.05) is 12.8 Å². The molecule has 186 valence electrons. The SMILES string of the molecule is CCC[Si](CCC)(CCC)OC1=CC(CCCC#C[Si](C(C)C)(C(C)C)C(C)C)CCC1. The van der Waals surface area contributed by atoms with Crippen molar-refractivity contribution in [2.75, 3.05) is 0 Å². The molecule has 3 heteroatoms. The molecule has 0 amide bonds. The van der Waals surface area contributed by atoms with Crippen molar-refractivity contribution in [2.45, 2.75) is 155 Å². The zero-order valence-electron chi connectivity index (χ0n) is 23.3. The van der Waals surface area contributed by atoms with E-state index >= 15 is 0 Å². The summed E-state index contributed by atoms with van der Waals surface area (Å²) in [6.07, 6.45) is 13.8. The largest absolute Gasteiger partial charge is 0.547 e. The molecule has 0 saturated carbocycles. The van der Waals surface area contributed by atoms with Crippen LogP contribution in [0.4, 0.5) is 0 Å². The van der Waals surface area contributed by atoms with Gasteiger partial charge in [0.2, 0.25) is 0 Å². The first-order valence-corrected chi connectivity index (χ1v) is 18.8. The third-order valence-corrected chi connectivity index (χ3v) is 19.2. The third kappa shape index (κ3) is 8.39. The molecule has 1 aliphatic carbocycles. The molecule has 0 aromatic carbocycles. The van der Waals surface area contributed by atoms with E-state index in [0.717, 1.165) is 23.0 Å². The van der Waals surface area contributed by atoms with Crippen molar-refractivity contribution in [3.8, 4) is 11.5 Å². The minimum absolute atomic E-state index is 0.708. The predicted molar refractivity (Wildman–Crippen MR) is 150 cm³/mol. The van der Waals surface area contributed by atoms with Crippen LogP contribution in [0.1, 0.15) is 120 Å². The summed E-state index contributed by atoms with van der Waals surface area (Å²) in [4.78, 5) is 0. The fourth-order valence-electron chi connectivity index (χ4n) is 6.56. The first kappa shape index (κ1) is 29.6. The summed E-state index contributed by atoms with van der Waals surface area (Å²) < 4.78 is 6.96. The van der Waals surface area contributed by atoms with Crippen LogP contribution < -0.4 is 0 Å². The molecule has 0 aliphatic heterocycles. The van der Waals surface area contributed by atoms with Crippen LogP contribution in [0.25, 0.3) is 0 Å². The van der Waals surface area contributed by atoms with E-state index in [9.17, 15) is 0 Å². The number of allylic oxidation sites excluding steroid dienone is 2. The molecular formula is C29H56OSi2. The summed E-state index contributed by atoms with van der Waals surface area (Å²) in [6.45, 7) is 21.5. The maximum atomic E-state index is 6.96. The van der Waals surface area contributed by atoms with Gasteiger partial charge in [0.25, 0.3) is 8.32 Å². The molecule has 1 unspecified atom stereocenters. The minimum Gasteiger partial charge on any atom is -0.547 e. The molecule has 0 spiro atoms. The maximum absolute atomic E-state index is 6.96. The zero-order valence-corrected chi connectivity index (χ0v) is 25.3. The molecule has 1 rings (SSSR count). The lowest BCUT2D eigenvalue weighted by Crippen LogP contribution is -2.43. The molecule has 0 bridgehead atoms. The second-order valence-electron chi connectivity index (χ2n) is 11.4. The predicted octanol–water partition coefficient (Wildman–Crippen LogP) is 10.3. The Morgan fingerprint density at radius 2 is 1.44 bits per heavy atom. The van der Waals surface area contributed by atoms with E-state index in [1.165, 1.54) is 75.3 Å². The van der Waals surface area contributed by atoms with Crippen LogP contribution >= 0.6 is 0 Å². The van der Waals surface area contributed by atoms with Crippen molar-refractivity contribution < 1.29 is 4.43 Å². The van der Waals surface area contributed by atoms with Crippen molar-refractivity contribution in [1.29, 1.82) is 0 Å². The Hall–Kier alpha value is -0.466. The molecule has 0 fully saturated rings. The van der Waals surface area contributed by atoms with E-state index in [1.54, 1.807) is 0 Å². The summed E-state index contributed by atoms with van der Waals surface area (Å²) in [7, 11) is -3.16. The second kappa shape index (κ2) is 14.7. The molecule has 1 nitrogen and oxygen atoms in total. The lowest BCUT2D eigenvalue weighted by molar-refractivity contribution is 0.337. The molecule has 1 aliphatic rings. The molecule has 1 atom stereocenters. The Labute approximate surface area is 204 Å². The average molecular weight is 477 g/mol. The van der Waals surface area contributed by atoms with Crippen molar-refractivity contribution >= 4 is 16.4 Å². The van der Waals surface area contributed by atoms with E-state index in [4.69, 9.17) is 4.43 Å². The van der Waals surface area contributed by atoms with Gasteiger partial charge in [0.15, 0.2) is 0 Å². The van der Waals surface area contributed by atoms with Gasteiger partial charge in [0.05, 0.1) is 5.76 Å².